The molecule has 1 aromatic rings. The van der Waals surface area contributed by atoms with Crippen LogP contribution in [-0.2, 0) is 4.74 Å². The SMILES string of the molecule is Br.COCC1CN(C)CCC1c1ccc(Cl)c(Cl)c1. The number of hydrogen-bond acceptors (Lipinski definition) is 2. The molecule has 1 aromatic carbocycles. The summed E-state index contributed by atoms with van der Waals surface area (Å²) in [4.78, 5) is 2.36. The molecule has 108 valence electrons. The minimum Gasteiger partial charge on any atom is -0.384 e. The van der Waals surface area contributed by atoms with Crippen LogP contribution in [0.3, 0.4) is 0 Å². The van der Waals surface area contributed by atoms with Crippen molar-refractivity contribution in [3.63, 3.8) is 0 Å². The van der Waals surface area contributed by atoms with Crippen LogP contribution in [0.15, 0.2) is 18.2 Å². The van der Waals surface area contributed by atoms with Gasteiger partial charge in [-0.1, -0.05) is 29.3 Å². The predicted octanol–water partition coefficient (Wildman–Crippen LogP) is 4.25. The fraction of sp³-hybridized carbons (Fsp3) is 0.571. The summed E-state index contributed by atoms with van der Waals surface area (Å²) in [5, 5.41) is 1.26. The van der Waals surface area contributed by atoms with Crippen molar-refractivity contribution in [2.45, 2.75) is 12.3 Å². The number of nitrogens with zero attached hydrogens (tertiary/aromatic N) is 1. The second-order valence-electron chi connectivity index (χ2n) is 5.05. The first kappa shape index (κ1) is 17.3. The maximum absolute atomic E-state index is 6.11. The minimum atomic E-state index is 0. The van der Waals surface area contributed by atoms with Gasteiger partial charge in [0, 0.05) is 19.6 Å². The van der Waals surface area contributed by atoms with Gasteiger partial charge in [-0.05, 0) is 43.6 Å². The second kappa shape index (κ2) is 7.84. The van der Waals surface area contributed by atoms with Crippen molar-refractivity contribution in [2.24, 2.45) is 5.92 Å². The number of piperidine rings is 1. The molecule has 0 N–H and O–H groups in total. The van der Waals surface area contributed by atoms with E-state index in [0.29, 0.717) is 21.9 Å². The van der Waals surface area contributed by atoms with E-state index in [1.165, 1.54) is 5.56 Å². The molecule has 19 heavy (non-hydrogen) atoms. The van der Waals surface area contributed by atoms with Crippen molar-refractivity contribution in [3.8, 4) is 0 Å². The van der Waals surface area contributed by atoms with Gasteiger partial charge in [-0.15, -0.1) is 17.0 Å². The van der Waals surface area contributed by atoms with Crippen LogP contribution in [0.25, 0.3) is 0 Å². The maximum atomic E-state index is 6.11. The van der Waals surface area contributed by atoms with Gasteiger partial charge in [-0.3, -0.25) is 0 Å². The Morgan fingerprint density at radius 2 is 2.05 bits per heavy atom. The van der Waals surface area contributed by atoms with Gasteiger partial charge in [0.05, 0.1) is 16.7 Å². The first-order valence-electron chi connectivity index (χ1n) is 6.24. The molecule has 2 atom stereocenters. The van der Waals surface area contributed by atoms with Crippen LogP contribution in [0.5, 0.6) is 0 Å². The molecule has 0 bridgehead atoms. The summed E-state index contributed by atoms with van der Waals surface area (Å²) in [6.07, 6.45) is 1.14. The third kappa shape index (κ3) is 4.33. The van der Waals surface area contributed by atoms with E-state index in [4.69, 9.17) is 27.9 Å². The lowest BCUT2D eigenvalue weighted by molar-refractivity contribution is 0.0867. The highest BCUT2D eigenvalue weighted by Gasteiger charge is 2.29. The van der Waals surface area contributed by atoms with Crippen molar-refractivity contribution < 1.29 is 4.74 Å². The summed E-state index contributed by atoms with van der Waals surface area (Å²) in [6.45, 7) is 2.97. The van der Waals surface area contributed by atoms with Gasteiger partial charge in [0.1, 0.15) is 0 Å². The summed E-state index contributed by atoms with van der Waals surface area (Å²) in [5.41, 5.74) is 1.28. The Balaban J connectivity index is 0.00000180. The van der Waals surface area contributed by atoms with E-state index in [1.54, 1.807) is 7.11 Å². The fourth-order valence-electron chi connectivity index (χ4n) is 2.78. The molecule has 1 saturated heterocycles. The van der Waals surface area contributed by atoms with Crippen LogP contribution < -0.4 is 0 Å². The molecule has 0 spiro atoms. The van der Waals surface area contributed by atoms with E-state index >= 15 is 0 Å². The molecular weight excluding hydrogens is 349 g/mol. The zero-order valence-corrected chi connectivity index (χ0v) is 14.5. The van der Waals surface area contributed by atoms with Gasteiger partial charge in [0.15, 0.2) is 0 Å². The standard InChI is InChI=1S/C14H19Cl2NO.BrH/c1-17-6-5-12(11(8-17)9-18-2)10-3-4-13(15)14(16)7-10;/h3-4,7,11-12H,5-6,8-9H2,1-2H3;1H. The van der Waals surface area contributed by atoms with E-state index in [-0.39, 0.29) is 17.0 Å². The van der Waals surface area contributed by atoms with Gasteiger partial charge in [0.25, 0.3) is 0 Å². The first-order valence-corrected chi connectivity index (χ1v) is 7.00. The first-order chi connectivity index (χ1) is 8.61. The smallest absolute Gasteiger partial charge is 0.0595 e. The van der Waals surface area contributed by atoms with Crippen molar-refractivity contribution in [1.82, 2.24) is 4.90 Å². The molecule has 0 aromatic heterocycles. The number of benzene rings is 1. The van der Waals surface area contributed by atoms with Crippen LogP contribution in [0.4, 0.5) is 0 Å². The molecule has 5 heteroatoms. The zero-order chi connectivity index (χ0) is 13.1. The van der Waals surface area contributed by atoms with E-state index in [2.05, 4.69) is 18.0 Å². The van der Waals surface area contributed by atoms with Gasteiger partial charge in [-0.2, -0.15) is 0 Å². The van der Waals surface area contributed by atoms with Crippen molar-refractivity contribution in [1.29, 1.82) is 0 Å². The average molecular weight is 369 g/mol. The lowest BCUT2D eigenvalue weighted by atomic mass is 9.81. The van der Waals surface area contributed by atoms with Crippen LogP contribution >= 0.6 is 40.2 Å². The summed E-state index contributed by atoms with van der Waals surface area (Å²) in [7, 11) is 3.92. The zero-order valence-electron chi connectivity index (χ0n) is 11.2. The molecule has 2 rings (SSSR count). The molecule has 2 nitrogen and oxygen atoms in total. The lowest BCUT2D eigenvalue weighted by Gasteiger charge is -2.36. The third-order valence-electron chi connectivity index (χ3n) is 3.69. The predicted molar refractivity (Wildman–Crippen MR) is 87.0 cm³/mol. The molecule has 1 fully saturated rings. The quantitative estimate of drug-likeness (QED) is 0.790. The van der Waals surface area contributed by atoms with E-state index in [0.717, 1.165) is 26.1 Å². The molecule has 0 amide bonds. The van der Waals surface area contributed by atoms with Gasteiger partial charge in [0.2, 0.25) is 0 Å². The number of likely N-dealkylation sites (tertiary alicyclic amines) is 1. The number of halogens is 3. The topological polar surface area (TPSA) is 12.5 Å². The lowest BCUT2D eigenvalue weighted by Crippen LogP contribution is -2.39. The molecule has 0 saturated carbocycles. The number of hydrogen-bond donors (Lipinski definition) is 0. The highest BCUT2D eigenvalue weighted by Crippen LogP contribution is 2.35. The van der Waals surface area contributed by atoms with Gasteiger partial charge >= 0.3 is 0 Å². The molecule has 1 aliphatic heterocycles. The number of ether oxygens (including phenoxy) is 1. The fourth-order valence-corrected chi connectivity index (χ4v) is 3.09. The Hall–Kier alpha value is 0.200. The van der Waals surface area contributed by atoms with Gasteiger partial charge in [-0.25, -0.2) is 0 Å². The van der Waals surface area contributed by atoms with Crippen LogP contribution in [0.1, 0.15) is 17.9 Å². The second-order valence-corrected chi connectivity index (χ2v) is 5.86. The summed E-state index contributed by atoms with van der Waals surface area (Å²) < 4.78 is 5.35. The molecular formula is C14H20BrCl2NO. The Morgan fingerprint density at radius 1 is 1.32 bits per heavy atom. The maximum Gasteiger partial charge on any atom is 0.0595 e. The number of methoxy groups -OCH3 is 1. The Morgan fingerprint density at radius 3 is 2.68 bits per heavy atom. The summed E-state index contributed by atoms with van der Waals surface area (Å²) >= 11 is 12.1. The van der Waals surface area contributed by atoms with E-state index in [9.17, 15) is 0 Å². The average Bonchev–Trinajstić information content (AvgIpc) is 2.34. The van der Waals surface area contributed by atoms with Crippen LogP contribution in [0, 0.1) is 5.92 Å². The largest absolute Gasteiger partial charge is 0.384 e. The highest BCUT2D eigenvalue weighted by atomic mass is 79.9. The Kier molecular flexibility index (Phi) is 7.12. The molecule has 2 unspecified atom stereocenters. The van der Waals surface area contributed by atoms with Crippen molar-refractivity contribution in [2.75, 3.05) is 33.9 Å². The van der Waals surface area contributed by atoms with Crippen molar-refractivity contribution in [3.05, 3.63) is 33.8 Å². The normalized spacial score (nSPS) is 24.0. The molecule has 0 aliphatic carbocycles. The Bertz CT molecular complexity index is 416. The molecule has 1 aliphatic rings. The van der Waals surface area contributed by atoms with Crippen molar-refractivity contribution >= 4 is 40.2 Å². The van der Waals surface area contributed by atoms with E-state index < -0.39 is 0 Å². The third-order valence-corrected chi connectivity index (χ3v) is 4.43. The molecule has 1 heterocycles. The van der Waals surface area contributed by atoms with Gasteiger partial charge < -0.3 is 9.64 Å². The highest BCUT2D eigenvalue weighted by molar-refractivity contribution is 8.93. The molecule has 0 radical (unpaired) electrons. The summed E-state index contributed by atoms with van der Waals surface area (Å²) in [5.74, 6) is 1.03. The minimum absolute atomic E-state index is 0. The van der Waals surface area contributed by atoms with Crippen LogP contribution in [0.2, 0.25) is 10.0 Å². The van der Waals surface area contributed by atoms with Crippen LogP contribution in [-0.4, -0.2) is 38.8 Å². The van der Waals surface area contributed by atoms with E-state index in [1.807, 2.05) is 12.1 Å². The monoisotopic (exact) mass is 367 g/mol. The number of rotatable bonds is 3. The Labute approximate surface area is 135 Å². The summed E-state index contributed by atoms with van der Waals surface area (Å²) in [6, 6.07) is 5.98.